The van der Waals surface area contributed by atoms with Crippen molar-refractivity contribution in [2.24, 2.45) is 0 Å². The van der Waals surface area contributed by atoms with Gasteiger partial charge in [-0.15, -0.1) is 0 Å². The van der Waals surface area contributed by atoms with E-state index in [0.29, 0.717) is 0 Å². The van der Waals surface area contributed by atoms with Crippen molar-refractivity contribution in [1.29, 1.82) is 0 Å². The predicted molar refractivity (Wildman–Crippen MR) is 355 cm³/mol. The fourth-order valence-corrected chi connectivity index (χ4v) is 15.5. The lowest BCUT2D eigenvalue weighted by atomic mass is 9.65. The fourth-order valence-electron chi connectivity index (χ4n) is 15.5. The Balaban J connectivity index is 0.948. The number of aromatic nitrogens is 2. The highest BCUT2D eigenvalue weighted by atomic mass is 15.0. The van der Waals surface area contributed by atoms with Crippen LogP contribution in [-0.2, 0) is 11.8 Å². The summed E-state index contributed by atoms with van der Waals surface area (Å²) < 4.78 is 4.89. The Bertz CT molecular complexity index is 5200. The van der Waals surface area contributed by atoms with Gasteiger partial charge in [-0.05, 0) is 190 Å². The van der Waals surface area contributed by atoms with Crippen LogP contribution in [0.5, 0.6) is 0 Å². The summed E-state index contributed by atoms with van der Waals surface area (Å²) in [7, 11) is 0. The highest BCUT2D eigenvalue weighted by Gasteiger charge is 2.50. The van der Waals surface area contributed by atoms with Gasteiger partial charge in [0.15, 0.2) is 0 Å². The third kappa shape index (κ3) is 6.74. The van der Waals surface area contributed by atoms with Gasteiger partial charge in [0.1, 0.15) is 0 Å². The number of rotatable bonds is 6. The molecule has 0 fully saturated rings. The molecule has 0 N–H and O–H groups in total. The third-order valence-electron chi connectivity index (χ3n) is 19.2. The average Bonchev–Trinajstić information content (AvgIpc) is 1.57. The monoisotopic (exact) mass is 1070 g/mol. The molecular formula is C82H54N2. The Labute approximate surface area is 487 Å². The highest BCUT2D eigenvalue weighted by Crippen LogP contribution is 2.61. The SMILES string of the molecule is C=C1/C=C\c2cccc3c2C/C(=C\C=C/1c1ccc2c(c1)C(c1ccc4c(c1)c1ccccc1n4-c1ccccc1)(c1ccc4c(c1)c1ccccc1n4-c1ccccc1)C1=CC(c4ccc5ccc6cccc7ccc4c5c67)CC=C12)C=C3. The van der Waals surface area contributed by atoms with Gasteiger partial charge in [-0.25, -0.2) is 0 Å². The number of hydrogen-bond donors (Lipinski definition) is 0. The lowest BCUT2D eigenvalue weighted by molar-refractivity contribution is 0.744. The fraction of sp³-hybridized carbons (Fsp3) is 0.0488. The summed E-state index contributed by atoms with van der Waals surface area (Å²) in [6.45, 7) is 4.85. The van der Waals surface area contributed by atoms with Crippen molar-refractivity contribution in [3.8, 4) is 11.4 Å². The number of hydrogen-bond acceptors (Lipinski definition) is 0. The maximum Gasteiger partial charge on any atom is 0.0711 e. The van der Waals surface area contributed by atoms with Gasteiger partial charge in [0.05, 0.1) is 27.5 Å². The van der Waals surface area contributed by atoms with Crippen LogP contribution in [0.2, 0.25) is 0 Å². The molecular weight excluding hydrogens is 1010 g/mol. The second kappa shape index (κ2) is 18.0. The Kier molecular flexibility index (Phi) is 10.1. The molecule has 14 aromatic rings. The minimum absolute atomic E-state index is 0.0957. The van der Waals surface area contributed by atoms with Crippen LogP contribution in [-0.4, -0.2) is 9.13 Å². The van der Waals surface area contributed by atoms with Crippen molar-refractivity contribution in [1.82, 2.24) is 9.13 Å². The maximum atomic E-state index is 4.85. The van der Waals surface area contributed by atoms with E-state index in [9.17, 15) is 0 Å². The first-order valence-corrected chi connectivity index (χ1v) is 29.6. The molecule has 2 heterocycles. The van der Waals surface area contributed by atoms with E-state index >= 15 is 0 Å². The zero-order chi connectivity index (χ0) is 55.2. The van der Waals surface area contributed by atoms with E-state index in [1.807, 2.05) is 0 Å². The largest absolute Gasteiger partial charge is 0.309 e. The van der Waals surface area contributed by atoms with E-state index in [-0.39, 0.29) is 5.92 Å². The van der Waals surface area contributed by atoms with E-state index in [0.717, 1.165) is 40.9 Å². The molecule has 4 aliphatic rings. The van der Waals surface area contributed by atoms with E-state index in [4.69, 9.17) is 6.58 Å². The number of allylic oxidation sites excluding steroid dienone is 11. The average molecular weight is 1070 g/mol. The van der Waals surface area contributed by atoms with Crippen LogP contribution < -0.4 is 0 Å². The molecule has 2 aromatic heterocycles. The maximum absolute atomic E-state index is 4.85. The summed E-state index contributed by atoms with van der Waals surface area (Å²) in [4.78, 5) is 0. The van der Waals surface area contributed by atoms with Gasteiger partial charge in [0, 0.05) is 38.8 Å². The molecule has 12 aromatic carbocycles. The van der Waals surface area contributed by atoms with Crippen LogP contribution in [0.15, 0.2) is 296 Å². The van der Waals surface area contributed by atoms with E-state index < -0.39 is 5.41 Å². The van der Waals surface area contributed by atoms with Crippen LogP contribution in [0.25, 0.3) is 111 Å². The lowest BCUT2D eigenvalue weighted by Crippen LogP contribution is -2.30. The molecule has 2 nitrogen and oxygen atoms in total. The van der Waals surface area contributed by atoms with Crippen molar-refractivity contribution < 1.29 is 0 Å². The molecule has 0 amide bonds. The molecule has 0 spiro atoms. The number of nitrogens with zero attached hydrogens (tertiary/aromatic N) is 2. The van der Waals surface area contributed by atoms with Crippen molar-refractivity contribution in [2.75, 3.05) is 0 Å². The van der Waals surface area contributed by atoms with Crippen LogP contribution in [0.4, 0.5) is 0 Å². The molecule has 1 atom stereocenters. The summed E-state index contributed by atoms with van der Waals surface area (Å²) in [5.74, 6) is 0.0957. The van der Waals surface area contributed by atoms with Crippen molar-refractivity contribution in [3.05, 3.63) is 346 Å². The van der Waals surface area contributed by atoms with E-state index in [1.54, 1.807) is 0 Å². The van der Waals surface area contributed by atoms with Gasteiger partial charge < -0.3 is 9.13 Å². The molecule has 4 aliphatic carbocycles. The molecule has 84 heavy (non-hydrogen) atoms. The standard InChI is InChI=1S/C82H54N2/c1-51-26-29-53-14-12-15-54-30-27-52(46-71(53)54)28-39-64(51)58-35-41-66-67-42-36-59(65-40-33-57-32-31-55-16-13-17-56-34-43-70(65)81(57)80(55)56)48-75(67)82(74(66)47-58,60-37-44-78-72(49-60)68-22-8-10-24-76(68)83(78)62-18-4-2-5-19-62)61-38-45-79-73(50-61)69-23-9-11-25-77(69)84(79)63-20-6-3-7-21-63/h2-35,37-45,47-50,59H,1,36,46H2/b29-26-,52-28-,64-39+. The molecule has 2 heteroatoms. The molecule has 0 saturated heterocycles. The van der Waals surface area contributed by atoms with Gasteiger partial charge in [-0.1, -0.05) is 225 Å². The second-order valence-corrected chi connectivity index (χ2v) is 23.5. The van der Waals surface area contributed by atoms with Crippen molar-refractivity contribution >= 4 is 99.2 Å². The van der Waals surface area contributed by atoms with Crippen LogP contribution >= 0.6 is 0 Å². The van der Waals surface area contributed by atoms with E-state index in [1.165, 1.54) is 137 Å². The molecule has 0 saturated carbocycles. The minimum atomic E-state index is -0.790. The first kappa shape index (κ1) is 47.1. The van der Waals surface area contributed by atoms with Gasteiger partial charge >= 0.3 is 0 Å². The van der Waals surface area contributed by atoms with Gasteiger partial charge in [0.25, 0.3) is 0 Å². The molecule has 0 radical (unpaired) electrons. The zero-order valence-corrected chi connectivity index (χ0v) is 46.2. The highest BCUT2D eigenvalue weighted by molar-refractivity contribution is 6.24. The summed E-state index contributed by atoms with van der Waals surface area (Å²) in [5, 5.41) is 12.8. The predicted octanol–water partition coefficient (Wildman–Crippen LogP) is 20.8. The van der Waals surface area contributed by atoms with Crippen LogP contribution in [0.3, 0.4) is 0 Å². The van der Waals surface area contributed by atoms with Crippen molar-refractivity contribution in [3.63, 3.8) is 0 Å². The van der Waals surface area contributed by atoms with E-state index in [2.05, 4.69) is 294 Å². The first-order chi connectivity index (χ1) is 41.5. The van der Waals surface area contributed by atoms with Crippen LogP contribution in [0.1, 0.15) is 62.4 Å². The molecule has 392 valence electrons. The second-order valence-electron chi connectivity index (χ2n) is 23.5. The quantitative estimate of drug-likeness (QED) is 0.147. The summed E-state index contributed by atoms with van der Waals surface area (Å²) >= 11 is 0. The first-order valence-electron chi connectivity index (χ1n) is 29.6. The van der Waals surface area contributed by atoms with Crippen LogP contribution in [0, 0.1) is 0 Å². The Hall–Kier alpha value is -10.5. The lowest BCUT2D eigenvalue weighted by Gasteiger charge is -2.36. The Morgan fingerprint density at radius 1 is 0.429 bits per heavy atom. The summed E-state index contributed by atoms with van der Waals surface area (Å²) in [6.07, 6.45) is 20.8. The smallest absolute Gasteiger partial charge is 0.0711 e. The van der Waals surface area contributed by atoms with Crippen molar-refractivity contribution in [2.45, 2.75) is 24.2 Å². The topological polar surface area (TPSA) is 9.86 Å². The molecule has 1 unspecified atom stereocenters. The molecule has 2 bridgehead atoms. The number of fused-ring (bicyclic) bond motifs is 10. The molecule has 0 aliphatic heterocycles. The normalized spacial score (nSPS) is 17.8. The minimum Gasteiger partial charge on any atom is -0.309 e. The Morgan fingerprint density at radius 3 is 1.69 bits per heavy atom. The zero-order valence-electron chi connectivity index (χ0n) is 46.2. The van der Waals surface area contributed by atoms with Gasteiger partial charge in [0.2, 0.25) is 0 Å². The van der Waals surface area contributed by atoms with Gasteiger partial charge in [-0.2, -0.15) is 0 Å². The van der Waals surface area contributed by atoms with Gasteiger partial charge in [-0.3, -0.25) is 0 Å². The summed E-state index contributed by atoms with van der Waals surface area (Å²) in [6, 6.07) is 89.4. The number of benzene rings is 12. The summed E-state index contributed by atoms with van der Waals surface area (Å²) in [5.41, 5.74) is 23.7. The molecule has 18 rings (SSSR count). The number of para-hydroxylation sites is 4. The Morgan fingerprint density at radius 2 is 1.01 bits per heavy atom. The third-order valence-corrected chi connectivity index (χ3v) is 19.2.